The SMILES string of the molecule is O=C(Nc1nc2c(s1)CCC2)c1ccc(C#CCCO)s1. The van der Waals surface area contributed by atoms with E-state index in [1.165, 1.54) is 22.6 Å². The summed E-state index contributed by atoms with van der Waals surface area (Å²) in [7, 11) is 0. The lowest BCUT2D eigenvalue weighted by atomic mass is 10.4. The van der Waals surface area contributed by atoms with E-state index in [9.17, 15) is 4.79 Å². The van der Waals surface area contributed by atoms with Gasteiger partial charge in [0.15, 0.2) is 5.13 Å². The Hall–Kier alpha value is -1.68. The van der Waals surface area contributed by atoms with E-state index in [0.717, 1.165) is 23.4 Å². The zero-order chi connectivity index (χ0) is 14.7. The zero-order valence-electron chi connectivity index (χ0n) is 11.3. The summed E-state index contributed by atoms with van der Waals surface area (Å²) in [5.41, 5.74) is 1.14. The van der Waals surface area contributed by atoms with Gasteiger partial charge >= 0.3 is 0 Å². The normalized spacial score (nSPS) is 12.6. The molecule has 2 N–H and O–H groups in total. The van der Waals surface area contributed by atoms with Gasteiger partial charge in [-0.3, -0.25) is 10.1 Å². The summed E-state index contributed by atoms with van der Waals surface area (Å²) in [6.07, 6.45) is 3.71. The number of aryl methyl sites for hydroxylation is 2. The minimum absolute atomic E-state index is 0.0560. The monoisotopic (exact) mass is 318 g/mol. The molecule has 108 valence electrons. The first-order valence-corrected chi connectivity index (χ1v) is 8.39. The molecule has 3 rings (SSSR count). The number of hydrogen-bond donors (Lipinski definition) is 2. The molecule has 2 aromatic heterocycles. The number of hydrogen-bond acceptors (Lipinski definition) is 5. The van der Waals surface area contributed by atoms with Crippen molar-refractivity contribution < 1.29 is 9.90 Å². The Morgan fingerprint density at radius 2 is 2.29 bits per heavy atom. The molecule has 0 fully saturated rings. The van der Waals surface area contributed by atoms with Crippen LogP contribution in [0.2, 0.25) is 0 Å². The lowest BCUT2D eigenvalue weighted by Gasteiger charge is -1.98. The maximum absolute atomic E-state index is 12.2. The molecular weight excluding hydrogens is 304 g/mol. The molecule has 1 aliphatic rings. The first-order valence-electron chi connectivity index (χ1n) is 6.76. The number of carbonyl (C=O) groups excluding carboxylic acids is 1. The van der Waals surface area contributed by atoms with Crippen molar-refractivity contribution in [2.45, 2.75) is 25.7 Å². The fourth-order valence-electron chi connectivity index (χ4n) is 2.14. The van der Waals surface area contributed by atoms with Crippen molar-refractivity contribution in [2.24, 2.45) is 0 Å². The number of aliphatic hydroxyl groups excluding tert-OH is 1. The summed E-state index contributed by atoms with van der Waals surface area (Å²) in [6.45, 7) is 0.0560. The largest absolute Gasteiger partial charge is 0.395 e. The van der Waals surface area contributed by atoms with E-state index in [0.29, 0.717) is 16.4 Å². The number of carbonyl (C=O) groups is 1. The Morgan fingerprint density at radius 1 is 1.38 bits per heavy atom. The third-order valence-electron chi connectivity index (χ3n) is 3.09. The molecular formula is C15H14N2O2S2. The van der Waals surface area contributed by atoms with Crippen molar-refractivity contribution in [3.63, 3.8) is 0 Å². The van der Waals surface area contributed by atoms with Gasteiger partial charge in [0.1, 0.15) is 0 Å². The highest BCUT2D eigenvalue weighted by atomic mass is 32.1. The molecule has 0 unspecified atom stereocenters. The van der Waals surface area contributed by atoms with Crippen LogP contribution in [0, 0.1) is 11.8 Å². The summed E-state index contributed by atoms with van der Waals surface area (Å²) < 4.78 is 0. The predicted molar refractivity (Wildman–Crippen MR) is 85.0 cm³/mol. The first kappa shape index (κ1) is 14.3. The van der Waals surface area contributed by atoms with Gasteiger partial charge in [0, 0.05) is 11.3 Å². The molecule has 4 nitrogen and oxygen atoms in total. The molecule has 21 heavy (non-hydrogen) atoms. The van der Waals surface area contributed by atoms with Crippen LogP contribution in [0.3, 0.4) is 0 Å². The van der Waals surface area contributed by atoms with Crippen molar-refractivity contribution in [3.05, 3.63) is 32.5 Å². The van der Waals surface area contributed by atoms with E-state index >= 15 is 0 Å². The lowest BCUT2D eigenvalue weighted by molar-refractivity contribution is 0.103. The van der Waals surface area contributed by atoms with Gasteiger partial charge in [-0.2, -0.15) is 0 Å². The number of fused-ring (bicyclic) bond motifs is 1. The van der Waals surface area contributed by atoms with Gasteiger partial charge in [-0.1, -0.05) is 11.8 Å². The number of thiophene rings is 1. The topological polar surface area (TPSA) is 62.2 Å². The van der Waals surface area contributed by atoms with E-state index in [1.807, 2.05) is 6.07 Å². The van der Waals surface area contributed by atoms with Crippen molar-refractivity contribution in [1.82, 2.24) is 4.98 Å². The number of rotatable bonds is 3. The summed E-state index contributed by atoms with van der Waals surface area (Å²) >= 11 is 2.93. The Morgan fingerprint density at radius 3 is 3.10 bits per heavy atom. The van der Waals surface area contributed by atoms with Gasteiger partial charge in [0.2, 0.25) is 0 Å². The Bertz CT molecular complexity index is 700. The summed E-state index contributed by atoms with van der Waals surface area (Å²) in [5, 5.41) is 12.2. The quantitative estimate of drug-likeness (QED) is 0.855. The van der Waals surface area contributed by atoms with Gasteiger partial charge < -0.3 is 5.11 Å². The van der Waals surface area contributed by atoms with E-state index < -0.39 is 0 Å². The number of anilines is 1. The molecule has 0 spiro atoms. The fraction of sp³-hybridized carbons (Fsp3) is 0.333. The molecule has 2 aromatic rings. The second-order valence-electron chi connectivity index (χ2n) is 4.64. The number of nitrogens with one attached hydrogen (secondary N) is 1. The summed E-state index contributed by atoms with van der Waals surface area (Å²) in [5.74, 6) is 5.64. The number of aromatic nitrogens is 1. The third kappa shape index (κ3) is 3.32. The maximum Gasteiger partial charge on any atom is 0.267 e. The molecule has 2 heterocycles. The van der Waals surface area contributed by atoms with Crippen LogP contribution in [0.4, 0.5) is 5.13 Å². The number of aliphatic hydroxyl groups is 1. The minimum atomic E-state index is -0.136. The Labute approximate surface area is 130 Å². The van der Waals surface area contributed by atoms with E-state index in [-0.39, 0.29) is 12.5 Å². The minimum Gasteiger partial charge on any atom is -0.395 e. The molecule has 0 radical (unpaired) electrons. The van der Waals surface area contributed by atoms with Gasteiger partial charge in [0.05, 0.1) is 22.1 Å². The van der Waals surface area contributed by atoms with Crippen LogP contribution in [-0.4, -0.2) is 22.6 Å². The van der Waals surface area contributed by atoms with E-state index in [4.69, 9.17) is 5.11 Å². The van der Waals surface area contributed by atoms with Crippen LogP contribution in [0.5, 0.6) is 0 Å². The molecule has 1 amide bonds. The van der Waals surface area contributed by atoms with Gasteiger partial charge in [-0.05, 0) is 31.4 Å². The third-order valence-corrected chi connectivity index (χ3v) is 5.17. The van der Waals surface area contributed by atoms with Crippen LogP contribution >= 0.6 is 22.7 Å². The smallest absolute Gasteiger partial charge is 0.267 e. The average Bonchev–Trinajstić information content (AvgIpc) is 3.14. The molecule has 0 aromatic carbocycles. The second-order valence-corrected chi connectivity index (χ2v) is 6.80. The fourth-order valence-corrected chi connectivity index (χ4v) is 3.96. The van der Waals surface area contributed by atoms with Crippen molar-refractivity contribution in [2.75, 3.05) is 11.9 Å². The highest BCUT2D eigenvalue weighted by Gasteiger charge is 2.18. The Balaban J connectivity index is 1.66. The maximum atomic E-state index is 12.2. The Kier molecular flexibility index (Phi) is 4.34. The number of nitrogens with zero attached hydrogens (tertiary/aromatic N) is 1. The van der Waals surface area contributed by atoms with Crippen LogP contribution in [0.25, 0.3) is 0 Å². The van der Waals surface area contributed by atoms with Crippen molar-refractivity contribution in [1.29, 1.82) is 0 Å². The highest BCUT2D eigenvalue weighted by Crippen LogP contribution is 2.30. The standard InChI is InChI=1S/C15H14N2O2S2/c18-9-2-1-4-10-7-8-13(20-10)14(19)17-15-16-11-5-3-6-12(11)21-15/h7-8,18H,2-3,5-6,9H2,(H,16,17,19). The molecule has 0 aliphatic heterocycles. The molecule has 6 heteroatoms. The second kappa shape index (κ2) is 6.39. The molecule has 0 bridgehead atoms. The van der Waals surface area contributed by atoms with Crippen molar-refractivity contribution >= 4 is 33.7 Å². The van der Waals surface area contributed by atoms with Gasteiger partial charge in [-0.25, -0.2) is 4.98 Å². The lowest BCUT2D eigenvalue weighted by Crippen LogP contribution is -2.09. The highest BCUT2D eigenvalue weighted by molar-refractivity contribution is 7.16. The van der Waals surface area contributed by atoms with Crippen molar-refractivity contribution in [3.8, 4) is 11.8 Å². The number of thiazole rings is 1. The van der Waals surface area contributed by atoms with Gasteiger partial charge in [-0.15, -0.1) is 22.7 Å². The van der Waals surface area contributed by atoms with E-state index in [2.05, 4.69) is 22.1 Å². The van der Waals surface area contributed by atoms with Crippen LogP contribution < -0.4 is 5.32 Å². The molecule has 0 saturated carbocycles. The number of amides is 1. The zero-order valence-corrected chi connectivity index (χ0v) is 12.9. The van der Waals surface area contributed by atoms with E-state index in [1.54, 1.807) is 17.4 Å². The van der Waals surface area contributed by atoms with Crippen LogP contribution in [0.1, 0.15) is 38.0 Å². The molecule has 1 aliphatic carbocycles. The molecule has 0 saturated heterocycles. The summed E-state index contributed by atoms with van der Waals surface area (Å²) in [6, 6.07) is 3.59. The summed E-state index contributed by atoms with van der Waals surface area (Å²) in [4.78, 5) is 19.4. The molecule has 0 atom stereocenters. The average molecular weight is 318 g/mol. The van der Waals surface area contributed by atoms with Gasteiger partial charge in [0.25, 0.3) is 5.91 Å². The predicted octanol–water partition coefficient (Wildman–Crippen LogP) is 2.68. The first-order chi connectivity index (χ1) is 10.3. The van der Waals surface area contributed by atoms with Crippen LogP contribution in [-0.2, 0) is 12.8 Å². The van der Waals surface area contributed by atoms with Crippen LogP contribution in [0.15, 0.2) is 12.1 Å².